The Hall–Kier alpha value is -1.24. The van der Waals surface area contributed by atoms with E-state index in [1.54, 1.807) is 0 Å². The van der Waals surface area contributed by atoms with Crippen molar-refractivity contribution >= 4 is 5.69 Å². The van der Waals surface area contributed by atoms with Crippen LogP contribution in [0.2, 0.25) is 0 Å². The van der Waals surface area contributed by atoms with Crippen molar-refractivity contribution in [2.24, 2.45) is 0 Å². The van der Waals surface area contributed by atoms with Gasteiger partial charge in [0.2, 0.25) is 0 Å². The molecule has 0 spiro atoms. The van der Waals surface area contributed by atoms with Crippen LogP contribution in [-0.4, -0.2) is 22.5 Å². The molecule has 17 heavy (non-hydrogen) atoms. The second kappa shape index (κ2) is 4.21. The van der Waals surface area contributed by atoms with Gasteiger partial charge in [-0.2, -0.15) is 18.3 Å². The lowest BCUT2D eigenvalue weighted by Crippen LogP contribution is -2.33. The Morgan fingerprint density at radius 2 is 2.18 bits per heavy atom. The first-order chi connectivity index (χ1) is 7.91. The number of hydrogen-bond donors (Lipinski definition) is 1. The van der Waals surface area contributed by atoms with Crippen molar-refractivity contribution in [2.45, 2.75) is 38.1 Å². The van der Waals surface area contributed by atoms with E-state index in [0.717, 1.165) is 0 Å². The standard InChI is InChI=1S/C10H14F3N3O/c1-2-17-7-3-6(4-7)16-5-8(14)9(15-16)10(11,12)13/h5-7H,2-4,14H2,1H3/t6-,7-. The quantitative estimate of drug-likeness (QED) is 0.893. The highest BCUT2D eigenvalue weighted by Crippen LogP contribution is 2.37. The zero-order chi connectivity index (χ0) is 12.6. The molecule has 1 aromatic heterocycles. The number of halogens is 3. The maximum absolute atomic E-state index is 12.5. The number of nitrogens with two attached hydrogens (primary N) is 1. The normalized spacial score (nSPS) is 24.7. The third-order valence-electron chi connectivity index (χ3n) is 2.88. The van der Waals surface area contributed by atoms with Crippen LogP contribution in [0.15, 0.2) is 6.20 Å². The lowest BCUT2D eigenvalue weighted by atomic mass is 9.89. The predicted molar refractivity (Wildman–Crippen MR) is 55.3 cm³/mol. The molecule has 1 fully saturated rings. The number of hydrogen-bond acceptors (Lipinski definition) is 3. The number of alkyl halides is 3. The van der Waals surface area contributed by atoms with Gasteiger partial charge in [-0.05, 0) is 19.8 Å². The number of aromatic nitrogens is 2. The first-order valence-corrected chi connectivity index (χ1v) is 5.45. The van der Waals surface area contributed by atoms with Crippen molar-refractivity contribution < 1.29 is 17.9 Å². The minimum absolute atomic E-state index is 0.0371. The SMILES string of the molecule is CCO[C@H]1C[C@H](n2cc(N)c(C(F)(F)F)n2)C1. The molecule has 0 aromatic carbocycles. The summed E-state index contributed by atoms with van der Waals surface area (Å²) in [5.41, 5.74) is 3.98. The summed E-state index contributed by atoms with van der Waals surface area (Å²) in [6, 6.07) is -0.0371. The summed E-state index contributed by atoms with van der Waals surface area (Å²) >= 11 is 0. The molecule has 0 radical (unpaired) electrons. The molecule has 2 rings (SSSR count). The molecule has 1 saturated carbocycles. The monoisotopic (exact) mass is 249 g/mol. The molecule has 4 nitrogen and oxygen atoms in total. The van der Waals surface area contributed by atoms with Gasteiger partial charge in [0.1, 0.15) is 0 Å². The summed E-state index contributed by atoms with van der Waals surface area (Å²) in [4.78, 5) is 0. The van der Waals surface area contributed by atoms with E-state index in [9.17, 15) is 13.2 Å². The van der Waals surface area contributed by atoms with Crippen molar-refractivity contribution in [3.05, 3.63) is 11.9 Å². The number of nitrogens with zero attached hydrogens (tertiary/aromatic N) is 2. The molecule has 0 amide bonds. The Balaban J connectivity index is 2.05. The van der Waals surface area contributed by atoms with E-state index >= 15 is 0 Å². The van der Waals surface area contributed by atoms with Crippen molar-refractivity contribution in [2.75, 3.05) is 12.3 Å². The number of nitrogen functional groups attached to an aromatic ring is 1. The van der Waals surface area contributed by atoms with Crippen molar-refractivity contribution in [3.63, 3.8) is 0 Å². The highest BCUT2D eigenvalue weighted by molar-refractivity contribution is 5.42. The molecule has 0 aliphatic heterocycles. The van der Waals surface area contributed by atoms with Crippen molar-refractivity contribution in [1.82, 2.24) is 9.78 Å². The van der Waals surface area contributed by atoms with Gasteiger partial charge in [-0.3, -0.25) is 4.68 Å². The van der Waals surface area contributed by atoms with E-state index in [0.29, 0.717) is 19.4 Å². The average Bonchev–Trinajstić information content (AvgIpc) is 2.52. The Morgan fingerprint density at radius 3 is 2.65 bits per heavy atom. The van der Waals surface area contributed by atoms with E-state index < -0.39 is 11.9 Å². The van der Waals surface area contributed by atoms with Gasteiger partial charge in [-0.25, -0.2) is 0 Å². The Bertz CT molecular complexity index is 396. The largest absolute Gasteiger partial charge is 0.437 e. The number of ether oxygens (including phenoxy) is 1. The molecule has 1 heterocycles. The van der Waals surface area contributed by atoms with E-state index in [1.807, 2.05) is 6.92 Å². The average molecular weight is 249 g/mol. The van der Waals surface area contributed by atoms with Crippen LogP contribution in [-0.2, 0) is 10.9 Å². The summed E-state index contributed by atoms with van der Waals surface area (Å²) < 4.78 is 44.0. The minimum Gasteiger partial charge on any atom is -0.396 e. The highest BCUT2D eigenvalue weighted by Gasteiger charge is 2.39. The minimum atomic E-state index is -4.49. The fourth-order valence-electron chi connectivity index (χ4n) is 1.94. The van der Waals surface area contributed by atoms with Gasteiger partial charge in [0, 0.05) is 12.8 Å². The maximum atomic E-state index is 12.5. The Kier molecular flexibility index (Phi) is 3.03. The summed E-state index contributed by atoms with van der Waals surface area (Å²) in [7, 11) is 0. The van der Waals surface area contributed by atoms with E-state index in [2.05, 4.69) is 5.10 Å². The number of anilines is 1. The van der Waals surface area contributed by atoms with Crippen LogP contribution in [0.1, 0.15) is 31.5 Å². The smallest absolute Gasteiger partial charge is 0.396 e. The van der Waals surface area contributed by atoms with Crippen LogP contribution in [0, 0.1) is 0 Å². The van der Waals surface area contributed by atoms with Crippen LogP contribution in [0.5, 0.6) is 0 Å². The molecule has 2 N–H and O–H groups in total. The van der Waals surface area contributed by atoms with Gasteiger partial charge in [0.05, 0.1) is 17.8 Å². The fourth-order valence-corrected chi connectivity index (χ4v) is 1.94. The summed E-state index contributed by atoms with van der Waals surface area (Å²) in [5, 5.41) is 3.51. The third-order valence-corrected chi connectivity index (χ3v) is 2.88. The highest BCUT2D eigenvalue weighted by atomic mass is 19.4. The van der Waals surface area contributed by atoms with Crippen LogP contribution < -0.4 is 5.73 Å². The molecule has 1 aliphatic rings. The Morgan fingerprint density at radius 1 is 1.53 bits per heavy atom. The van der Waals surface area contributed by atoms with Gasteiger partial charge in [0.15, 0.2) is 5.69 Å². The van der Waals surface area contributed by atoms with Crippen LogP contribution in [0.4, 0.5) is 18.9 Å². The predicted octanol–water partition coefficient (Wildman–Crippen LogP) is 2.22. The number of rotatable bonds is 3. The van der Waals surface area contributed by atoms with Gasteiger partial charge >= 0.3 is 6.18 Å². The molecule has 0 bridgehead atoms. The lowest BCUT2D eigenvalue weighted by molar-refractivity contribution is -0.141. The van der Waals surface area contributed by atoms with Crippen molar-refractivity contribution in [3.8, 4) is 0 Å². The van der Waals surface area contributed by atoms with Crippen LogP contribution >= 0.6 is 0 Å². The van der Waals surface area contributed by atoms with Gasteiger partial charge in [0.25, 0.3) is 0 Å². The van der Waals surface area contributed by atoms with Crippen molar-refractivity contribution in [1.29, 1.82) is 0 Å². The molecule has 1 aliphatic carbocycles. The van der Waals surface area contributed by atoms with E-state index in [1.165, 1.54) is 10.9 Å². The molecule has 0 unspecified atom stereocenters. The molecular formula is C10H14F3N3O. The zero-order valence-corrected chi connectivity index (χ0v) is 9.37. The first-order valence-electron chi connectivity index (χ1n) is 5.45. The zero-order valence-electron chi connectivity index (χ0n) is 9.37. The summed E-state index contributed by atoms with van der Waals surface area (Å²) in [6.45, 7) is 2.51. The molecule has 1 aromatic rings. The molecule has 7 heteroatoms. The van der Waals surface area contributed by atoms with Crippen LogP contribution in [0.3, 0.4) is 0 Å². The summed E-state index contributed by atoms with van der Waals surface area (Å²) in [6.07, 6.45) is -1.74. The maximum Gasteiger partial charge on any atom is 0.437 e. The lowest BCUT2D eigenvalue weighted by Gasteiger charge is -2.34. The molecule has 0 saturated heterocycles. The first kappa shape index (κ1) is 12.2. The van der Waals surface area contributed by atoms with E-state index in [4.69, 9.17) is 10.5 Å². The Labute approximate surface area is 96.5 Å². The van der Waals surface area contributed by atoms with Gasteiger partial charge < -0.3 is 10.5 Å². The fraction of sp³-hybridized carbons (Fsp3) is 0.700. The third kappa shape index (κ3) is 2.38. The second-order valence-corrected chi connectivity index (χ2v) is 4.11. The molecule has 0 atom stereocenters. The van der Waals surface area contributed by atoms with Gasteiger partial charge in [-0.1, -0.05) is 0 Å². The van der Waals surface area contributed by atoms with Gasteiger partial charge in [-0.15, -0.1) is 0 Å². The summed E-state index contributed by atoms with van der Waals surface area (Å²) in [5.74, 6) is 0. The molecular weight excluding hydrogens is 235 g/mol. The molecule has 96 valence electrons. The second-order valence-electron chi connectivity index (χ2n) is 4.11. The van der Waals surface area contributed by atoms with E-state index in [-0.39, 0.29) is 17.8 Å². The topological polar surface area (TPSA) is 53.1 Å². The van der Waals surface area contributed by atoms with Crippen LogP contribution in [0.25, 0.3) is 0 Å².